The highest BCUT2D eigenvalue weighted by atomic mass is 32.1. The Kier molecular flexibility index (Phi) is 5.22. The third-order valence-corrected chi connectivity index (χ3v) is 4.15. The second kappa shape index (κ2) is 6.93. The zero-order valence-electron chi connectivity index (χ0n) is 12.4. The fourth-order valence-electron chi connectivity index (χ4n) is 2.40. The maximum absolute atomic E-state index is 11.3. The highest BCUT2D eigenvalue weighted by Gasteiger charge is 2.20. The Bertz CT molecular complexity index is 636. The van der Waals surface area contributed by atoms with Crippen LogP contribution in [0.2, 0.25) is 0 Å². The third-order valence-electron chi connectivity index (χ3n) is 3.22. The molecule has 0 saturated carbocycles. The molecule has 2 rings (SSSR count). The molecule has 1 atom stereocenters. The second-order valence-electron chi connectivity index (χ2n) is 4.85. The normalized spacial score (nSPS) is 12.7. The SMILES string of the molecule is CCNC(COC)Cc1cc2nc(C)sc2cc1[N+](=O)[O-]. The molecule has 0 bridgehead atoms. The van der Waals surface area contributed by atoms with Gasteiger partial charge in [-0.1, -0.05) is 6.92 Å². The van der Waals surface area contributed by atoms with Crippen molar-refractivity contribution in [2.45, 2.75) is 26.3 Å². The Balaban J connectivity index is 2.39. The predicted molar refractivity (Wildman–Crippen MR) is 84.1 cm³/mol. The number of rotatable bonds is 7. The van der Waals surface area contributed by atoms with Gasteiger partial charge in [0.2, 0.25) is 0 Å². The lowest BCUT2D eigenvalue weighted by Gasteiger charge is -2.16. The van der Waals surface area contributed by atoms with Crippen LogP contribution in [-0.2, 0) is 11.2 Å². The van der Waals surface area contributed by atoms with E-state index in [1.54, 1.807) is 13.2 Å². The van der Waals surface area contributed by atoms with Crippen LogP contribution in [0.4, 0.5) is 5.69 Å². The number of likely N-dealkylation sites (N-methyl/N-ethyl adjacent to an activating group) is 1. The first-order valence-corrected chi connectivity index (χ1v) is 7.63. The van der Waals surface area contributed by atoms with Crippen LogP contribution in [0.25, 0.3) is 10.2 Å². The molecule has 1 aromatic heterocycles. The van der Waals surface area contributed by atoms with Gasteiger partial charge in [-0.15, -0.1) is 11.3 Å². The molecule has 1 unspecified atom stereocenters. The van der Waals surface area contributed by atoms with Crippen molar-refractivity contribution in [2.75, 3.05) is 20.3 Å². The number of benzene rings is 1. The summed E-state index contributed by atoms with van der Waals surface area (Å²) in [5, 5.41) is 15.5. The monoisotopic (exact) mass is 309 g/mol. The van der Waals surface area contributed by atoms with Crippen molar-refractivity contribution in [3.8, 4) is 0 Å². The van der Waals surface area contributed by atoms with E-state index < -0.39 is 0 Å². The molecule has 0 saturated heterocycles. The number of nitro groups is 1. The minimum Gasteiger partial charge on any atom is -0.383 e. The van der Waals surface area contributed by atoms with Gasteiger partial charge in [-0.25, -0.2) is 4.98 Å². The van der Waals surface area contributed by atoms with Crippen LogP contribution >= 0.6 is 11.3 Å². The van der Waals surface area contributed by atoms with Gasteiger partial charge < -0.3 is 10.1 Å². The maximum atomic E-state index is 11.3. The van der Waals surface area contributed by atoms with Crippen molar-refractivity contribution in [3.05, 3.63) is 32.8 Å². The number of ether oxygens (including phenoxy) is 1. The van der Waals surface area contributed by atoms with Gasteiger partial charge in [-0.2, -0.15) is 0 Å². The van der Waals surface area contributed by atoms with Crippen molar-refractivity contribution in [1.82, 2.24) is 10.3 Å². The van der Waals surface area contributed by atoms with E-state index in [-0.39, 0.29) is 16.7 Å². The lowest BCUT2D eigenvalue weighted by molar-refractivity contribution is -0.385. The molecule has 2 aromatic rings. The molecule has 0 aliphatic carbocycles. The molecule has 0 fully saturated rings. The van der Waals surface area contributed by atoms with Crippen LogP contribution in [0.3, 0.4) is 0 Å². The average molecular weight is 309 g/mol. The Labute approximate surface area is 127 Å². The highest BCUT2D eigenvalue weighted by Crippen LogP contribution is 2.30. The van der Waals surface area contributed by atoms with Gasteiger partial charge in [0.1, 0.15) is 0 Å². The maximum Gasteiger partial charge on any atom is 0.274 e. The van der Waals surface area contributed by atoms with E-state index in [0.717, 1.165) is 21.8 Å². The summed E-state index contributed by atoms with van der Waals surface area (Å²) in [6, 6.07) is 3.51. The van der Waals surface area contributed by atoms with Gasteiger partial charge in [-0.3, -0.25) is 10.1 Å². The molecular weight excluding hydrogens is 290 g/mol. The van der Waals surface area contributed by atoms with E-state index in [0.29, 0.717) is 18.6 Å². The summed E-state index contributed by atoms with van der Waals surface area (Å²) in [5.41, 5.74) is 1.68. The minimum atomic E-state index is -0.320. The number of aromatic nitrogens is 1. The summed E-state index contributed by atoms with van der Waals surface area (Å²) in [4.78, 5) is 15.4. The number of hydrogen-bond acceptors (Lipinski definition) is 6. The quantitative estimate of drug-likeness (QED) is 0.628. The van der Waals surface area contributed by atoms with Crippen molar-refractivity contribution in [3.63, 3.8) is 0 Å². The minimum absolute atomic E-state index is 0.0517. The Morgan fingerprint density at radius 2 is 2.29 bits per heavy atom. The number of nitrogens with zero attached hydrogens (tertiary/aromatic N) is 2. The van der Waals surface area contributed by atoms with Crippen LogP contribution in [0.5, 0.6) is 0 Å². The zero-order chi connectivity index (χ0) is 15.4. The molecule has 7 heteroatoms. The molecule has 1 heterocycles. The zero-order valence-corrected chi connectivity index (χ0v) is 13.2. The summed E-state index contributed by atoms with van der Waals surface area (Å²) in [6.07, 6.45) is 0.546. The second-order valence-corrected chi connectivity index (χ2v) is 6.09. The first-order valence-electron chi connectivity index (χ1n) is 6.82. The Morgan fingerprint density at radius 3 is 2.90 bits per heavy atom. The fraction of sp³-hybridized carbons (Fsp3) is 0.500. The molecule has 0 aliphatic rings. The van der Waals surface area contributed by atoms with E-state index in [2.05, 4.69) is 10.3 Å². The molecule has 6 nitrogen and oxygen atoms in total. The summed E-state index contributed by atoms with van der Waals surface area (Å²) in [5.74, 6) is 0. The number of thiazole rings is 1. The van der Waals surface area contributed by atoms with Gasteiger partial charge in [0.25, 0.3) is 5.69 Å². The summed E-state index contributed by atoms with van der Waals surface area (Å²) >= 11 is 1.48. The van der Waals surface area contributed by atoms with Gasteiger partial charge in [0, 0.05) is 24.8 Å². The third kappa shape index (κ3) is 3.75. The first kappa shape index (κ1) is 15.8. The van der Waals surface area contributed by atoms with Crippen molar-refractivity contribution < 1.29 is 9.66 Å². The van der Waals surface area contributed by atoms with E-state index >= 15 is 0 Å². The summed E-state index contributed by atoms with van der Waals surface area (Å²) in [6.45, 7) is 5.21. The Hall–Kier alpha value is -1.57. The summed E-state index contributed by atoms with van der Waals surface area (Å²) < 4.78 is 6.03. The summed E-state index contributed by atoms with van der Waals surface area (Å²) in [7, 11) is 1.63. The molecule has 114 valence electrons. The first-order chi connectivity index (χ1) is 10.0. The topological polar surface area (TPSA) is 77.3 Å². The van der Waals surface area contributed by atoms with E-state index in [1.807, 2.05) is 19.9 Å². The molecule has 0 radical (unpaired) electrons. The van der Waals surface area contributed by atoms with Gasteiger partial charge in [0.05, 0.1) is 26.8 Å². The number of aryl methyl sites for hydroxylation is 1. The number of methoxy groups -OCH3 is 1. The number of fused-ring (bicyclic) bond motifs is 1. The van der Waals surface area contributed by atoms with Crippen molar-refractivity contribution in [2.24, 2.45) is 0 Å². The van der Waals surface area contributed by atoms with Crippen LogP contribution in [0, 0.1) is 17.0 Å². The van der Waals surface area contributed by atoms with Crippen LogP contribution < -0.4 is 5.32 Å². The van der Waals surface area contributed by atoms with Crippen molar-refractivity contribution >= 4 is 27.2 Å². The smallest absolute Gasteiger partial charge is 0.274 e. The lowest BCUT2D eigenvalue weighted by Crippen LogP contribution is -2.35. The largest absolute Gasteiger partial charge is 0.383 e. The van der Waals surface area contributed by atoms with Crippen LogP contribution in [0.1, 0.15) is 17.5 Å². The lowest BCUT2D eigenvalue weighted by atomic mass is 10.0. The van der Waals surface area contributed by atoms with E-state index in [9.17, 15) is 10.1 Å². The standard InChI is InChI=1S/C14H19N3O3S/c1-4-15-11(8-20-3)5-10-6-12-14(21-9(2)16-12)7-13(10)17(18)19/h6-7,11,15H,4-5,8H2,1-3H3. The van der Waals surface area contributed by atoms with Gasteiger partial charge in [0.15, 0.2) is 0 Å². The number of nitrogens with one attached hydrogen (secondary N) is 1. The van der Waals surface area contributed by atoms with Gasteiger partial charge in [-0.05, 0) is 26.0 Å². The molecule has 0 amide bonds. The highest BCUT2D eigenvalue weighted by molar-refractivity contribution is 7.18. The van der Waals surface area contributed by atoms with Crippen molar-refractivity contribution in [1.29, 1.82) is 0 Å². The molecule has 21 heavy (non-hydrogen) atoms. The number of nitro benzene ring substituents is 1. The number of hydrogen-bond donors (Lipinski definition) is 1. The van der Waals surface area contributed by atoms with Crippen LogP contribution in [0.15, 0.2) is 12.1 Å². The molecule has 1 aromatic carbocycles. The molecule has 0 aliphatic heterocycles. The van der Waals surface area contributed by atoms with E-state index in [4.69, 9.17) is 4.74 Å². The predicted octanol–water partition coefficient (Wildman–Crippen LogP) is 2.68. The van der Waals surface area contributed by atoms with Crippen LogP contribution in [-0.4, -0.2) is 36.2 Å². The molecular formula is C14H19N3O3S. The fourth-order valence-corrected chi connectivity index (χ4v) is 3.24. The Morgan fingerprint density at radius 1 is 1.52 bits per heavy atom. The molecule has 1 N–H and O–H groups in total. The molecule has 0 spiro atoms. The van der Waals surface area contributed by atoms with Gasteiger partial charge >= 0.3 is 0 Å². The van der Waals surface area contributed by atoms with E-state index in [1.165, 1.54) is 11.3 Å². The average Bonchev–Trinajstić information content (AvgIpc) is 2.77.